The molecule has 21 heavy (non-hydrogen) atoms. The second-order valence-corrected chi connectivity index (χ2v) is 4.68. The van der Waals surface area contributed by atoms with Crippen LogP contribution in [0.15, 0.2) is 30.6 Å². The predicted octanol–water partition coefficient (Wildman–Crippen LogP) is 2.84. The summed E-state index contributed by atoms with van der Waals surface area (Å²) in [6.45, 7) is 0. The number of ketones is 1. The van der Waals surface area contributed by atoms with Crippen LogP contribution in [0.5, 0.6) is 0 Å². The fourth-order valence-corrected chi connectivity index (χ4v) is 1.97. The van der Waals surface area contributed by atoms with Crippen LogP contribution in [0.1, 0.15) is 28.2 Å². The van der Waals surface area contributed by atoms with E-state index in [9.17, 15) is 18.0 Å². The molecule has 112 valence electrons. The molecule has 1 aromatic heterocycles. The van der Waals surface area contributed by atoms with E-state index in [1.165, 1.54) is 0 Å². The van der Waals surface area contributed by atoms with Crippen molar-refractivity contribution in [1.82, 2.24) is 9.55 Å². The summed E-state index contributed by atoms with van der Waals surface area (Å²) in [5, 5.41) is 0. The van der Waals surface area contributed by atoms with E-state index in [-0.39, 0.29) is 17.7 Å². The largest absolute Gasteiger partial charge is 0.416 e. The van der Waals surface area contributed by atoms with Crippen molar-refractivity contribution in [2.45, 2.75) is 19.0 Å². The molecule has 0 amide bonds. The number of hydrogen-bond donors (Lipinski definition) is 1. The number of anilines is 1. The van der Waals surface area contributed by atoms with Crippen LogP contribution in [-0.4, -0.2) is 15.3 Å². The van der Waals surface area contributed by atoms with Gasteiger partial charge in [0.05, 0.1) is 5.56 Å². The Morgan fingerprint density at radius 1 is 1.38 bits per heavy atom. The third-order valence-corrected chi connectivity index (χ3v) is 3.18. The maximum atomic E-state index is 12.7. The van der Waals surface area contributed by atoms with Gasteiger partial charge in [-0.2, -0.15) is 13.2 Å². The number of nitrogens with zero attached hydrogens (tertiary/aromatic N) is 2. The van der Waals surface area contributed by atoms with Gasteiger partial charge in [-0.1, -0.05) is 0 Å². The van der Waals surface area contributed by atoms with Crippen molar-refractivity contribution in [3.05, 3.63) is 47.5 Å². The Kier molecular flexibility index (Phi) is 4.02. The average molecular weight is 297 g/mol. The molecule has 0 atom stereocenters. The van der Waals surface area contributed by atoms with Gasteiger partial charge in [-0.15, -0.1) is 0 Å². The quantitative estimate of drug-likeness (QED) is 0.697. The minimum absolute atomic E-state index is 0.0489. The van der Waals surface area contributed by atoms with Gasteiger partial charge in [-0.05, 0) is 18.2 Å². The SMILES string of the molecule is Cn1ccnc1CCC(=O)c1cc(C(F)(F)F)ccc1N. The number of carbonyl (C=O) groups is 1. The van der Waals surface area contributed by atoms with Gasteiger partial charge in [0.2, 0.25) is 0 Å². The fraction of sp³-hybridized carbons (Fsp3) is 0.286. The number of benzene rings is 1. The lowest BCUT2D eigenvalue weighted by molar-refractivity contribution is -0.137. The van der Waals surface area contributed by atoms with Crippen molar-refractivity contribution in [1.29, 1.82) is 0 Å². The molecule has 2 N–H and O–H groups in total. The highest BCUT2D eigenvalue weighted by Gasteiger charge is 2.31. The first kappa shape index (κ1) is 15.1. The zero-order chi connectivity index (χ0) is 15.6. The summed E-state index contributed by atoms with van der Waals surface area (Å²) in [7, 11) is 1.78. The highest BCUT2D eigenvalue weighted by molar-refractivity contribution is 6.01. The van der Waals surface area contributed by atoms with Gasteiger partial charge in [-0.25, -0.2) is 4.98 Å². The normalized spacial score (nSPS) is 11.6. The summed E-state index contributed by atoms with van der Waals surface area (Å²) in [4.78, 5) is 16.1. The van der Waals surface area contributed by atoms with Crippen molar-refractivity contribution in [2.24, 2.45) is 7.05 Å². The predicted molar refractivity (Wildman–Crippen MR) is 71.7 cm³/mol. The number of aryl methyl sites for hydroxylation is 2. The zero-order valence-corrected chi connectivity index (χ0v) is 11.3. The van der Waals surface area contributed by atoms with Crippen molar-refractivity contribution >= 4 is 11.5 Å². The number of aromatic nitrogens is 2. The lowest BCUT2D eigenvalue weighted by Gasteiger charge is -2.10. The van der Waals surface area contributed by atoms with Crippen molar-refractivity contribution in [3.8, 4) is 0 Å². The van der Waals surface area contributed by atoms with E-state index in [1.54, 1.807) is 24.0 Å². The standard InChI is InChI=1S/C14H14F3N3O/c1-20-7-6-19-13(20)5-4-12(21)10-8-9(14(15,16)17)2-3-11(10)18/h2-3,6-8H,4-5,18H2,1H3. The lowest BCUT2D eigenvalue weighted by atomic mass is 10.0. The maximum absolute atomic E-state index is 12.7. The molecular weight excluding hydrogens is 283 g/mol. The molecule has 0 radical (unpaired) electrons. The fourth-order valence-electron chi connectivity index (χ4n) is 1.97. The third-order valence-electron chi connectivity index (χ3n) is 3.18. The number of Topliss-reactive ketones (excluding diaryl/α,β-unsaturated/α-hetero) is 1. The summed E-state index contributed by atoms with van der Waals surface area (Å²) >= 11 is 0. The van der Waals surface area contributed by atoms with E-state index in [0.717, 1.165) is 18.2 Å². The molecule has 7 heteroatoms. The van der Waals surface area contributed by atoms with Gasteiger partial charge in [0.15, 0.2) is 5.78 Å². The van der Waals surface area contributed by atoms with Crippen molar-refractivity contribution in [3.63, 3.8) is 0 Å². The average Bonchev–Trinajstić information content (AvgIpc) is 2.80. The van der Waals surface area contributed by atoms with Gasteiger partial charge in [0, 0.05) is 43.5 Å². The van der Waals surface area contributed by atoms with Gasteiger partial charge < -0.3 is 10.3 Å². The molecular formula is C14H14F3N3O. The number of alkyl halides is 3. The second-order valence-electron chi connectivity index (χ2n) is 4.68. The topological polar surface area (TPSA) is 60.9 Å². The van der Waals surface area contributed by atoms with E-state index in [1.807, 2.05) is 0 Å². The van der Waals surface area contributed by atoms with Crippen LogP contribution in [0.3, 0.4) is 0 Å². The number of hydrogen-bond acceptors (Lipinski definition) is 3. The van der Waals surface area contributed by atoms with Gasteiger partial charge in [-0.3, -0.25) is 4.79 Å². The number of nitrogen functional groups attached to an aromatic ring is 1. The van der Waals surface area contributed by atoms with Crippen LogP contribution in [-0.2, 0) is 19.6 Å². The molecule has 0 fully saturated rings. The molecule has 0 aliphatic heterocycles. The Morgan fingerprint density at radius 3 is 2.67 bits per heavy atom. The number of nitrogens with two attached hydrogens (primary N) is 1. The minimum Gasteiger partial charge on any atom is -0.398 e. The first-order chi connectivity index (χ1) is 9.79. The van der Waals surface area contributed by atoms with Gasteiger partial charge in [0.1, 0.15) is 5.82 Å². The second kappa shape index (κ2) is 5.59. The highest BCUT2D eigenvalue weighted by atomic mass is 19.4. The molecule has 0 bridgehead atoms. The monoisotopic (exact) mass is 297 g/mol. The zero-order valence-electron chi connectivity index (χ0n) is 11.3. The molecule has 2 aromatic rings. The number of rotatable bonds is 4. The van der Waals surface area contributed by atoms with E-state index in [2.05, 4.69) is 4.98 Å². The van der Waals surface area contributed by atoms with Gasteiger partial charge in [0.25, 0.3) is 0 Å². The molecule has 0 aliphatic carbocycles. The maximum Gasteiger partial charge on any atom is 0.416 e. The van der Waals surface area contributed by atoms with Crippen LogP contribution in [0.2, 0.25) is 0 Å². The van der Waals surface area contributed by atoms with Crippen molar-refractivity contribution in [2.75, 3.05) is 5.73 Å². The molecule has 0 unspecified atom stereocenters. The number of carbonyl (C=O) groups excluding carboxylic acids is 1. The van der Waals surface area contributed by atoms with Crippen LogP contribution < -0.4 is 5.73 Å². The summed E-state index contributed by atoms with van der Waals surface area (Å²) in [6.07, 6.45) is -0.770. The Labute approximate surface area is 119 Å². The minimum atomic E-state index is -4.50. The molecule has 2 rings (SSSR count). The molecule has 1 heterocycles. The van der Waals surface area contributed by atoms with Crippen molar-refractivity contribution < 1.29 is 18.0 Å². The Morgan fingerprint density at radius 2 is 2.10 bits per heavy atom. The highest BCUT2D eigenvalue weighted by Crippen LogP contribution is 2.31. The third kappa shape index (κ3) is 3.42. The summed E-state index contributed by atoms with van der Waals surface area (Å²) in [6, 6.07) is 2.78. The van der Waals surface area contributed by atoms with Crippen LogP contribution in [0.4, 0.5) is 18.9 Å². The van der Waals surface area contributed by atoms with Gasteiger partial charge >= 0.3 is 6.18 Å². The summed E-state index contributed by atoms with van der Waals surface area (Å²) < 4.78 is 39.7. The van der Waals surface area contributed by atoms with E-state index < -0.39 is 17.5 Å². The number of imidazole rings is 1. The summed E-state index contributed by atoms with van der Waals surface area (Å²) in [5.41, 5.74) is 4.68. The molecule has 0 saturated carbocycles. The van der Waals surface area contributed by atoms with E-state index in [4.69, 9.17) is 5.73 Å². The first-order valence-electron chi connectivity index (χ1n) is 6.25. The summed E-state index contributed by atoms with van der Waals surface area (Å²) in [5.74, 6) is 0.260. The van der Waals surface area contributed by atoms with E-state index in [0.29, 0.717) is 12.2 Å². The molecule has 0 saturated heterocycles. The molecule has 0 spiro atoms. The Hall–Kier alpha value is -2.31. The number of halogens is 3. The lowest BCUT2D eigenvalue weighted by Crippen LogP contribution is -2.11. The molecule has 4 nitrogen and oxygen atoms in total. The molecule has 1 aromatic carbocycles. The smallest absolute Gasteiger partial charge is 0.398 e. The van der Waals surface area contributed by atoms with Crippen LogP contribution in [0.25, 0.3) is 0 Å². The van der Waals surface area contributed by atoms with Crippen LogP contribution in [0, 0.1) is 0 Å². The molecule has 0 aliphatic rings. The Bertz CT molecular complexity index is 662. The van der Waals surface area contributed by atoms with E-state index >= 15 is 0 Å². The van der Waals surface area contributed by atoms with Crippen LogP contribution >= 0.6 is 0 Å². The Balaban J connectivity index is 2.17. The first-order valence-corrected chi connectivity index (χ1v) is 6.25.